The van der Waals surface area contributed by atoms with Gasteiger partial charge in [-0.3, -0.25) is 28.8 Å². The zero-order chi connectivity index (χ0) is 31.6. The lowest BCUT2D eigenvalue weighted by Crippen LogP contribution is -2.57. The maximum atomic E-state index is 13.0. The van der Waals surface area contributed by atoms with Crippen molar-refractivity contribution in [2.45, 2.75) is 90.5 Å². The van der Waals surface area contributed by atoms with Gasteiger partial charge >= 0.3 is 0 Å². The fraction of sp³-hybridized carbons (Fsp3) is 0.667. The van der Waals surface area contributed by atoms with Gasteiger partial charge in [-0.25, -0.2) is 4.98 Å². The second kappa shape index (κ2) is 15.8. The molecule has 0 aliphatic carbocycles. The van der Waals surface area contributed by atoms with Crippen molar-refractivity contribution in [3.05, 3.63) is 18.2 Å². The van der Waals surface area contributed by atoms with Crippen LogP contribution in [0.1, 0.15) is 59.6 Å². The van der Waals surface area contributed by atoms with Crippen LogP contribution in [0.5, 0.6) is 0 Å². The van der Waals surface area contributed by atoms with Crippen LogP contribution in [0.15, 0.2) is 12.5 Å². The van der Waals surface area contributed by atoms with Crippen molar-refractivity contribution in [3.8, 4) is 0 Å². The molecule has 0 unspecified atom stereocenters. The van der Waals surface area contributed by atoms with E-state index in [-0.39, 0.29) is 18.3 Å². The molecule has 6 amide bonds. The number of aromatic nitrogens is 2. The number of aromatic amines is 1. The molecule has 1 saturated heterocycles. The second-order valence-corrected chi connectivity index (χ2v) is 11.1. The van der Waals surface area contributed by atoms with Crippen molar-refractivity contribution in [2.75, 3.05) is 13.1 Å². The topological polar surface area (TPSA) is 235 Å². The van der Waals surface area contributed by atoms with Gasteiger partial charge in [-0.15, -0.1) is 0 Å². The summed E-state index contributed by atoms with van der Waals surface area (Å²) in [5.74, 6) is -3.70. The minimum absolute atomic E-state index is 0.0846. The highest BCUT2D eigenvalue weighted by molar-refractivity contribution is 5.95. The fourth-order valence-corrected chi connectivity index (χ4v) is 4.51. The van der Waals surface area contributed by atoms with E-state index < -0.39 is 72.2 Å². The molecular weight excluding hydrogens is 546 g/mol. The van der Waals surface area contributed by atoms with Crippen LogP contribution in [-0.2, 0) is 35.2 Å². The van der Waals surface area contributed by atoms with Crippen molar-refractivity contribution >= 4 is 35.4 Å². The van der Waals surface area contributed by atoms with Gasteiger partial charge in [0, 0.05) is 24.9 Å². The second-order valence-electron chi connectivity index (χ2n) is 11.1. The van der Waals surface area contributed by atoms with Gasteiger partial charge in [0.15, 0.2) is 0 Å². The number of carbonyl (C=O) groups excluding carboxylic acids is 6. The van der Waals surface area contributed by atoms with Crippen LogP contribution >= 0.6 is 0 Å². The van der Waals surface area contributed by atoms with Gasteiger partial charge in [-0.1, -0.05) is 34.1 Å². The van der Waals surface area contributed by atoms with Crippen LogP contribution in [0, 0.1) is 11.8 Å². The Bertz CT molecular complexity index is 1110. The first-order valence-electron chi connectivity index (χ1n) is 14.3. The normalized spacial score (nSPS) is 18.4. The Morgan fingerprint density at radius 3 is 2.31 bits per heavy atom. The molecule has 2 heterocycles. The summed E-state index contributed by atoms with van der Waals surface area (Å²) < 4.78 is 0. The van der Waals surface area contributed by atoms with E-state index in [1.165, 1.54) is 24.3 Å². The molecule has 0 bridgehead atoms. The number of likely N-dealkylation sites (tertiary alicyclic amines) is 1. The van der Waals surface area contributed by atoms with Crippen LogP contribution in [0.3, 0.4) is 0 Å². The molecule has 0 saturated carbocycles. The minimum Gasteiger partial charge on any atom is -0.368 e. The van der Waals surface area contributed by atoms with Crippen LogP contribution < -0.4 is 32.7 Å². The number of carbonyl (C=O) groups is 6. The Morgan fingerprint density at radius 1 is 1.05 bits per heavy atom. The Kier molecular flexibility index (Phi) is 12.9. The first-order valence-corrected chi connectivity index (χ1v) is 14.3. The van der Waals surface area contributed by atoms with Crippen molar-refractivity contribution in [1.29, 1.82) is 0 Å². The molecule has 0 radical (unpaired) electrons. The van der Waals surface area contributed by atoms with Crippen molar-refractivity contribution < 1.29 is 28.8 Å². The Hall–Kier alpha value is -4.01. The lowest BCUT2D eigenvalue weighted by molar-refractivity contribution is -0.140. The third kappa shape index (κ3) is 9.53. The number of rotatable bonds is 15. The highest BCUT2D eigenvalue weighted by atomic mass is 16.2. The molecule has 2 rings (SSSR count). The van der Waals surface area contributed by atoms with Crippen LogP contribution in [0.4, 0.5) is 0 Å². The Balaban J connectivity index is 1.96. The van der Waals surface area contributed by atoms with E-state index in [1.54, 1.807) is 20.8 Å². The number of primary amides is 1. The van der Waals surface area contributed by atoms with E-state index in [4.69, 9.17) is 11.5 Å². The standard InChI is InChI=1S/C27H45N9O6/c1-6-15(4)22(23(29)38)35-26(41)19-8-7-9-36(19)20(37)12-31-24(39)16(5)33-25(40)18(10-17-11-30-13-32-17)34-27(42)21(28)14(2)3/h11,13-16,18-19,21-22H,6-10,12,28H2,1-5H3,(H2,29,38)(H,30,32)(H,31,39)(H,33,40)(H,34,42)(H,35,41)/t15-,16-,18-,19-,21-,22-/m0/s1. The molecule has 42 heavy (non-hydrogen) atoms. The van der Waals surface area contributed by atoms with E-state index in [2.05, 4.69) is 31.2 Å². The Morgan fingerprint density at radius 2 is 1.74 bits per heavy atom. The van der Waals surface area contributed by atoms with E-state index >= 15 is 0 Å². The minimum atomic E-state index is -1.05. The first kappa shape index (κ1) is 34.2. The van der Waals surface area contributed by atoms with Crippen molar-refractivity contribution in [3.63, 3.8) is 0 Å². The van der Waals surface area contributed by atoms with Gasteiger partial charge in [0.2, 0.25) is 35.4 Å². The molecule has 1 aromatic rings. The number of imidazole rings is 1. The summed E-state index contributed by atoms with van der Waals surface area (Å²) >= 11 is 0. The lowest BCUT2D eigenvalue weighted by atomic mass is 9.98. The highest BCUT2D eigenvalue weighted by Gasteiger charge is 2.36. The van der Waals surface area contributed by atoms with Gasteiger partial charge in [0.05, 0.1) is 18.9 Å². The molecule has 1 aliphatic heterocycles. The lowest BCUT2D eigenvalue weighted by Gasteiger charge is -2.28. The summed E-state index contributed by atoms with van der Waals surface area (Å²) in [7, 11) is 0. The summed E-state index contributed by atoms with van der Waals surface area (Å²) in [6, 6.07) is -4.56. The predicted octanol–water partition coefficient (Wildman–Crippen LogP) is -1.95. The average Bonchev–Trinajstić information content (AvgIpc) is 3.65. The fourth-order valence-electron chi connectivity index (χ4n) is 4.51. The van der Waals surface area contributed by atoms with Crippen LogP contribution in [0.25, 0.3) is 0 Å². The van der Waals surface area contributed by atoms with Crippen LogP contribution in [0.2, 0.25) is 0 Å². The van der Waals surface area contributed by atoms with Gasteiger partial charge in [-0.05, 0) is 31.6 Å². The predicted molar refractivity (Wildman–Crippen MR) is 153 cm³/mol. The van der Waals surface area contributed by atoms with Crippen molar-refractivity contribution in [2.24, 2.45) is 23.3 Å². The molecule has 15 heteroatoms. The summed E-state index contributed by atoms with van der Waals surface area (Å²) in [6.07, 6.45) is 4.66. The SMILES string of the molecule is CC[C@H](C)[C@H](NC(=O)[C@@H]1CCCN1C(=O)CNC(=O)[C@H](C)NC(=O)[C@H](Cc1cnc[nH]1)NC(=O)[C@@H](N)C(C)C)C(N)=O. The summed E-state index contributed by atoms with van der Waals surface area (Å²) in [5.41, 5.74) is 12.0. The zero-order valence-electron chi connectivity index (χ0n) is 24.9. The monoisotopic (exact) mass is 591 g/mol. The number of hydrogen-bond acceptors (Lipinski definition) is 8. The molecule has 1 fully saturated rings. The van der Waals surface area contributed by atoms with Crippen LogP contribution in [-0.4, -0.2) is 93.6 Å². The average molecular weight is 592 g/mol. The molecule has 1 aromatic heterocycles. The molecular formula is C27H45N9O6. The quantitative estimate of drug-likeness (QED) is 0.121. The van der Waals surface area contributed by atoms with Gasteiger partial charge in [-0.2, -0.15) is 0 Å². The summed E-state index contributed by atoms with van der Waals surface area (Å²) in [5, 5.41) is 10.4. The number of nitrogens with one attached hydrogen (secondary N) is 5. The summed E-state index contributed by atoms with van der Waals surface area (Å²) in [6.45, 7) is 8.60. The number of amides is 6. The molecule has 0 spiro atoms. The smallest absolute Gasteiger partial charge is 0.243 e. The number of nitrogens with two attached hydrogens (primary N) is 2. The van der Waals surface area contributed by atoms with E-state index in [1.807, 2.05) is 6.92 Å². The maximum absolute atomic E-state index is 13.0. The van der Waals surface area contributed by atoms with Gasteiger partial charge < -0.3 is 42.6 Å². The summed E-state index contributed by atoms with van der Waals surface area (Å²) in [4.78, 5) is 84.2. The van der Waals surface area contributed by atoms with Crippen molar-refractivity contribution in [1.82, 2.24) is 36.1 Å². The molecule has 1 aliphatic rings. The third-order valence-corrected chi connectivity index (χ3v) is 7.49. The Labute approximate surface area is 245 Å². The number of hydrogen-bond donors (Lipinski definition) is 7. The largest absolute Gasteiger partial charge is 0.368 e. The van der Waals surface area contributed by atoms with Gasteiger partial charge in [0.25, 0.3) is 0 Å². The first-order chi connectivity index (χ1) is 19.8. The van der Waals surface area contributed by atoms with E-state index in [9.17, 15) is 28.8 Å². The van der Waals surface area contributed by atoms with E-state index in [0.717, 1.165) is 0 Å². The number of nitrogens with zero attached hydrogens (tertiary/aromatic N) is 2. The molecule has 9 N–H and O–H groups in total. The number of H-pyrrole nitrogens is 1. The molecule has 234 valence electrons. The van der Waals surface area contributed by atoms with E-state index in [0.29, 0.717) is 31.5 Å². The maximum Gasteiger partial charge on any atom is 0.243 e. The molecule has 6 atom stereocenters. The molecule has 15 nitrogen and oxygen atoms in total. The highest BCUT2D eigenvalue weighted by Crippen LogP contribution is 2.18. The van der Waals surface area contributed by atoms with Gasteiger partial charge in [0.1, 0.15) is 24.2 Å². The molecule has 0 aromatic carbocycles. The zero-order valence-corrected chi connectivity index (χ0v) is 24.9. The third-order valence-electron chi connectivity index (χ3n) is 7.49.